The second kappa shape index (κ2) is 4.97. The number of nitrogens with one attached hydrogen (secondary N) is 1. The van der Waals surface area contributed by atoms with Gasteiger partial charge in [-0.1, -0.05) is 5.92 Å². The third kappa shape index (κ3) is 2.19. The number of aliphatic hydroxyl groups is 2. The molecule has 2 rings (SSSR count). The van der Waals surface area contributed by atoms with Gasteiger partial charge in [0.15, 0.2) is 12.4 Å². The Balaban J connectivity index is 2.46. The van der Waals surface area contributed by atoms with Crippen LogP contribution in [-0.4, -0.2) is 44.8 Å². The molecule has 0 spiro atoms. The summed E-state index contributed by atoms with van der Waals surface area (Å²) in [7, 11) is 0. The smallest absolute Gasteiger partial charge is 0.330 e. The van der Waals surface area contributed by atoms with Crippen molar-refractivity contribution in [2.45, 2.75) is 24.6 Å². The summed E-state index contributed by atoms with van der Waals surface area (Å²) in [5, 5.41) is 18.4. The quantitative estimate of drug-likeness (QED) is 0.545. The Labute approximate surface area is 106 Å². The number of alkyl halides is 1. The first kappa shape index (κ1) is 13.5. The van der Waals surface area contributed by atoms with E-state index in [-0.39, 0.29) is 5.56 Å². The van der Waals surface area contributed by atoms with E-state index in [0.717, 1.165) is 10.8 Å². The summed E-state index contributed by atoms with van der Waals surface area (Å²) in [5.74, 6) is 2.04. The summed E-state index contributed by atoms with van der Waals surface area (Å²) >= 11 is 0. The summed E-state index contributed by atoms with van der Waals surface area (Å²) in [6, 6.07) is 0. The van der Waals surface area contributed by atoms with Crippen LogP contribution in [0.4, 0.5) is 4.39 Å². The molecule has 19 heavy (non-hydrogen) atoms. The van der Waals surface area contributed by atoms with Crippen molar-refractivity contribution in [3.05, 3.63) is 32.6 Å². The first-order valence-electron chi connectivity index (χ1n) is 5.40. The normalized spacial score (nSPS) is 30.2. The highest BCUT2D eigenvalue weighted by Gasteiger charge is 2.45. The van der Waals surface area contributed by atoms with Gasteiger partial charge in [0, 0.05) is 6.20 Å². The van der Waals surface area contributed by atoms with Crippen LogP contribution in [0, 0.1) is 12.3 Å². The minimum Gasteiger partial charge on any atom is -0.394 e. The number of H-pyrrole nitrogens is 1. The van der Waals surface area contributed by atoms with Crippen molar-refractivity contribution >= 4 is 0 Å². The molecule has 0 unspecified atom stereocenters. The van der Waals surface area contributed by atoms with Crippen LogP contribution < -0.4 is 11.2 Å². The van der Waals surface area contributed by atoms with Crippen LogP contribution in [0.15, 0.2) is 15.8 Å². The largest absolute Gasteiger partial charge is 0.394 e. The molecule has 1 aromatic heterocycles. The minimum absolute atomic E-state index is 0.169. The highest BCUT2D eigenvalue weighted by atomic mass is 19.1. The van der Waals surface area contributed by atoms with Gasteiger partial charge in [0.05, 0.1) is 6.61 Å². The SMILES string of the molecule is C#Cc1cn([C@H]2O[C@H](CO)[C@@H](O)[C@H]2F)c(=O)[nH]c1=O. The van der Waals surface area contributed by atoms with E-state index in [9.17, 15) is 19.1 Å². The predicted molar refractivity (Wildman–Crippen MR) is 61.2 cm³/mol. The van der Waals surface area contributed by atoms with Gasteiger partial charge in [0.25, 0.3) is 5.56 Å². The molecule has 0 radical (unpaired) electrons. The lowest BCUT2D eigenvalue weighted by Crippen LogP contribution is -2.37. The topological polar surface area (TPSA) is 105 Å². The Hall–Kier alpha value is -1.95. The maximum Gasteiger partial charge on any atom is 0.330 e. The van der Waals surface area contributed by atoms with E-state index in [4.69, 9.17) is 16.3 Å². The van der Waals surface area contributed by atoms with E-state index in [0.29, 0.717) is 0 Å². The average molecular weight is 270 g/mol. The summed E-state index contributed by atoms with van der Waals surface area (Å²) in [6.07, 6.45) is -0.0400. The van der Waals surface area contributed by atoms with Crippen LogP contribution in [0.1, 0.15) is 11.8 Å². The number of hydrogen-bond acceptors (Lipinski definition) is 5. The molecule has 1 fully saturated rings. The van der Waals surface area contributed by atoms with Gasteiger partial charge in [0.2, 0.25) is 0 Å². The summed E-state index contributed by atoms with van der Waals surface area (Å²) in [6.45, 7) is -0.599. The number of halogens is 1. The number of terminal acetylenes is 1. The second-order valence-corrected chi connectivity index (χ2v) is 4.04. The highest BCUT2D eigenvalue weighted by Crippen LogP contribution is 2.30. The molecule has 8 heteroatoms. The van der Waals surface area contributed by atoms with Crippen molar-refractivity contribution in [3.8, 4) is 12.3 Å². The molecule has 4 atom stereocenters. The fourth-order valence-electron chi connectivity index (χ4n) is 1.86. The van der Waals surface area contributed by atoms with Gasteiger partial charge in [-0.05, 0) is 0 Å². The minimum atomic E-state index is -1.92. The lowest BCUT2D eigenvalue weighted by Gasteiger charge is -2.15. The first-order valence-corrected chi connectivity index (χ1v) is 5.40. The van der Waals surface area contributed by atoms with Crippen LogP contribution in [0.5, 0.6) is 0 Å². The lowest BCUT2D eigenvalue weighted by atomic mass is 10.1. The van der Waals surface area contributed by atoms with Crippen molar-refractivity contribution in [2.24, 2.45) is 0 Å². The molecular formula is C11H11FN2O5. The first-order chi connectivity index (χ1) is 8.99. The maximum absolute atomic E-state index is 13.8. The van der Waals surface area contributed by atoms with Crippen LogP contribution in [0.3, 0.4) is 0 Å². The molecule has 0 saturated carbocycles. The van der Waals surface area contributed by atoms with Gasteiger partial charge in [-0.3, -0.25) is 14.3 Å². The molecule has 1 aliphatic rings. The van der Waals surface area contributed by atoms with Gasteiger partial charge in [-0.25, -0.2) is 9.18 Å². The Bertz CT molecular complexity index is 631. The number of aliphatic hydroxyl groups excluding tert-OH is 2. The molecule has 2 heterocycles. The molecule has 0 aliphatic carbocycles. The maximum atomic E-state index is 13.8. The Morgan fingerprint density at radius 1 is 1.58 bits per heavy atom. The van der Waals surface area contributed by atoms with E-state index in [1.54, 1.807) is 0 Å². The van der Waals surface area contributed by atoms with Crippen molar-refractivity contribution in [3.63, 3.8) is 0 Å². The van der Waals surface area contributed by atoms with Gasteiger partial charge < -0.3 is 14.9 Å². The third-order valence-corrected chi connectivity index (χ3v) is 2.87. The number of nitrogens with zero attached hydrogens (tertiary/aromatic N) is 1. The Morgan fingerprint density at radius 2 is 2.26 bits per heavy atom. The third-order valence-electron chi connectivity index (χ3n) is 2.87. The van der Waals surface area contributed by atoms with Gasteiger partial charge in [-0.15, -0.1) is 6.42 Å². The number of aromatic nitrogens is 2. The zero-order valence-electron chi connectivity index (χ0n) is 9.62. The van der Waals surface area contributed by atoms with E-state index in [1.165, 1.54) is 0 Å². The zero-order chi connectivity index (χ0) is 14.2. The van der Waals surface area contributed by atoms with E-state index in [1.807, 2.05) is 10.9 Å². The van der Waals surface area contributed by atoms with Crippen LogP contribution in [0.25, 0.3) is 0 Å². The molecule has 3 N–H and O–H groups in total. The molecular weight excluding hydrogens is 259 g/mol. The van der Waals surface area contributed by atoms with Crippen molar-refractivity contribution in [1.82, 2.24) is 9.55 Å². The fourth-order valence-corrected chi connectivity index (χ4v) is 1.86. The monoisotopic (exact) mass is 270 g/mol. The highest BCUT2D eigenvalue weighted by molar-refractivity contribution is 5.26. The molecule has 1 aromatic rings. The van der Waals surface area contributed by atoms with Gasteiger partial charge >= 0.3 is 5.69 Å². The molecule has 0 aromatic carbocycles. The molecule has 102 valence electrons. The molecule has 0 bridgehead atoms. The zero-order valence-corrected chi connectivity index (χ0v) is 9.62. The Morgan fingerprint density at radius 3 is 2.79 bits per heavy atom. The number of rotatable bonds is 2. The number of hydrogen-bond donors (Lipinski definition) is 3. The summed E-state index contributed by atoms with van der Waals surface area (Å²) in [4.78, 5) is 24.8. The summed E-state index contributed by atoms with van der Waals surface area (Å²) in [5.41, 5.74) is -1.85. The van der Waals surface area contributed by atoms with Crippen LogP contribution >= 0.6 is 0 Å². The average Bonchev–Trinajstić information content (AvgIpc) is 2.67. The van der Waals surface area contributed by atoms with Crippen molar-refractivity contribution in [2.75, 3.05) is 6.61 Å². The van der Waals surface area contributed by atoms with Gasteiger partial charge in [0.1, 0.15) is 17.8 Å². The van der Waals surface area contributed by atoms with E-state index < -0.39 is 42.5 Å². The fraction of sp³-hybridized carbons (Fsp3) is 0.455. The van der Waals surface area contributed by atoms with E-state index >= 15 is 0 Å². The van der Waals surface area contributed by atoms with Gasteiger partial charge in [-0.2, -0.15) is 0 Å². The Kier molecular flexibility index (Phi) is 3.53. The number of ether oxygens (including phenoxy) is 1. The van der Waals surface area contributed by atoms with Crippen LogP contribution in [0.2, 0.25) is 0 Å². The summed E-state index contributed by atoms with van der Waals surface area (Å²) < 4.78 is 19.6. The second-order valence-electron chi connectivity index (χ2n) is 4.04. The van der Waals surface area contributed by atoms with Crippen LogP contribution in [-0.2, 0) is 4.74 Å². The van der Waals surface area contributed by atoms with Crippen molar-refractivity contribution < 1.29 is 19.3 Å². The molecule has 7 nitrogen and oxygen atoms in total. The number of aromatic amines is 1. The van der Waals surface area contributed by atoms with Crippen molar-refractivity contribution in [1.29, 1.82) is 0 Å². The predicted octanol–water partition coefficient (Wildman–Crippen LogP) is -1.89. The lowest BCUT2D eigenvalue weighted by molar-refractivity contribution is -0.0491. The molecule has 1 saturated heterocycles. The molecule has 0 amide bonds. The standard InChI is InChI=1S/C11H11FN2O5/c1-2-5-3-14(11(18)13-9(5)17)10-7(12)8(16)6(4-15)19-10/h1,3,6-8,10,15-16H,4H2,(H,13,17,18)/t6-,7-,8-,10+/m1/s1. The van der Waals surface area contributed by atoms with E-state index in [2.05, 4.69) is 0 Å². The molecule has 1 aliphatic heterocycles.